The predicted molar refractivity (Wildman–Crippen MR) is 80.8 cm³/mol. The molecular formula is C14H20N2O4S. The number of sulfonamides is 1. The Morgan fingerprint density at radius 2 is 1.90 bits per heavy atom. The highest BCUT2D eigenvalue weighted by Gasteiger charge is 2.37. The summed E-state index contributed by atoms with van der Waals surface area (Å²) in [7, 11) is -3.34. The molecule has 116 valence electrons. The summed E-state index contributed by atoms with van der Waals surface area (Å²) in [5.74, 6) is -0.927. The first-order valence-corrected chi connectivity index (χ1v) is 8.64. The quantitative estimate of drug-likeness (QED) is 0.897. The summed E-state index contributed by atoms with van der Waals surface area (Å²) in [5.41, 5.74) is 0.920. The van der Waals surface area contributed by atoms with Gasteiger partial charge >= 0.3 is 5.97 Å². The Morgan fingerprint density at radius 1 is 1.29 bits per heavy atom. The average molecular weight is 312 g/mol. The molecule has 1 aliphatic rings. The molecule has 0 unspecified atom stereocenters. The molecular weight excluding hydrogens is 292 g/mol. The van der Waals surface area contributed by atoms with Crippen LogP contribution in [0.2, 0.25) is 0 Å². The number of carboxylic acids is 1. The number of hydrogen-bond donors (Lipinski definition) is 1. The molecule has 0 bridgehead atoms. The van der Waals surface area contributed by atoms with Crippen LogP contribution in [0.1, 0.15) is 13.3 Å². The minimum absolute atomic E-state index is 0.0896. The van der Waals surface area contributed by atoms with Gasteiger partial charge in [0.05, 0.1) is 18.7 Å². The molecule has 0 aliphatic carbocycles. The average Bonchev–Trinajstić information content (AvgIpc) is 2.39. The standard InChI is InChI=1S/C14H20N2O4S/c1-11-9-15(12-6-4-3-5-7-12)13(8-14(17)18)10-16(11)21(2,19)20/h3-7,11,13H,8-10H2,1-2H3,(H,17,18)/t11-,13-/m0/s1. The molecule has 1 aliphatic heterocycles. The Morgan fingerprint density at radius 3 is 2.43 bits per heavy atom. The van der Waals surface area contributed by atoms with E-state index in [9.17, 15) is 13.2 Å². The van der Waals surface area contributed by atoms with Crippen molar-refractivity contribution in [2.45, 2.75) is 25.4 Å². The minimum Gasteiger partial charge on any atom is -0.481 e. The van der Waals surface area contributed by atoms with Crippen molar-refractivity contribution in [3.05, 3.63) is 30.3 Å². The van der Waals surface area contributed by atoms with E-state index < -0.39 is 16.0 Å². The van der Waals surface area contributed by atoms with Gasteiger partial charge in [0.15, 0.2) is 0 Å². The van der Waals surface area contributed by atoms with Crippen LogP contribution < -0.4 is 4.90 Å². The first-order valence-electron chi connectivity index (χ1n) is 6.79. The lowest BCUT2D eigenvalue weighted by Crippen LogP contribution is -2.59. The maximum absolute atomic E-state index is 11.8. The number of hydrogen-bond acceptors (Lipinski definition) is 4. The van der Waals surface area contributed by atoms with Crippen LogP contribution in [-0.4, -0.2) is 55.2 Å². The number of aliphatic carboxylic acids is 1. The molecule has 6 nitrogen and oxygen atoms in total. The van der Waals surface area contributed by atoms with Crippen LogP contribution in [0.3, 0.4) is 0 Å². The van der Waals surface area contributed by atoms with Crippen molar-refractivity contribution in [3.63, 3.8) is 0 Å². The Bertz CT molecular complexity index is 603. The van der Waals surface area contributed by atoms with Gasteiger partial charge in [0.25, 0.3) is 0 Å². The molecule has 0 spiro atoms. The molecule has 0 amide bonds. The van der Waals surface area contributed by atoms with E-state index in [2.05, 4.69) is 0 Å². The summed E-state index contributed by atoms with van der Waals surface area (Å²) in [6.45, 7) is 2.52. The van der Waals surface area contributed by atoms with E-state index in [1.807, 2.05) is 42.2 Å². The summed E-state index contributed by atoms with van der Waals surface area (Å²) in [6.07, 6.45) is 1.08. The molecule has 0 saturated carbocycles. The maximum Gasteiger partial charge on any atom is 0.305 e. The molecule has 2 rings (SSSR count). The molecule has 1 heterocycles. The van der Waals surface area contributed by atoms with Gasteiger partial charge in [-0.25, -0.2) is 8.42 Å². The number of carbonyl (C=O) groups is 1. The van der Waals surface area contributed by atoms with Crippen LogP contribution in [0.15, 0.2) is 30.3 Å². The Kier molecular flexibility index (Phi) is 4.53. The second kappa shape index (κ2) is 6.03. The summed E-state index contributed by atoms with van der Waals surface area (Å²) in [4.78, 5) is 13.1. The van der Waals surface area contributed by atoms with E-state index in [4.69, 9.17) is 5.11 Å². The molecule has 2 atom stereocenters. The van der Waals surface area contributed by atoms with Gasteiger partial charge in [-0.1, -0.05) is 18.2 Å². The monoisotopic (exact) mass is 312 g/mol. The summed E-state index contributed by atoms with van der Waals surface area (Å²) in [6, 6.07) is 8.95. The maximum atomic E-state index is 11.8. The van der Waals surface area contributed by atoms with Crippen LogP contribution in [0.25, 0.3) is 0 Å². The van der Waals surface area contributed by atoms with Crippen LogP contribution in [0, 0.1) is 0 Å². The van der Waals surface area contributed by atoms with Gasteiger partial charge in [-0.3, -0.25) is 4.79 Å². The van der Waals surface area contributed by atoms with Gasteiger partial charge in [0.1, 0.15) is 0 Å². The molecule has 0 radical (unpaired) electrons. The fourth-order valence-corrected chi connectivity index (χ4v) is 3.95. The first kappa shape index (κ1) is 15.8. The predicted octanol–water partition coefficient (Wildman–Crippen LogP) is 1.00. The number of carboxylic acid groups (broad SMARTS) is 1. The summed E-state index contributed by atoms with van der Waals surface area (Å²) >= 11 is 0. The second-order valence-corrected chi connectivity index (χ2v) is 7.36. The molecule has 21 heavy (non-hydrogen) atoms. The third-order valence-electron chi connectivity index (χ3n) is 3.71. The van der Waals surface area contributed by atoms with Crippen molar-refractivity contribution in [2.75, 3.05) is 24.2 Å². The summed E-state index contributed by atoms with van der Waals surface area (Å²) < 4.78 is 25.1. The number of rotatable bonds is 4. The van der Waals surface area contributed by atoms with E-state index in [1.165, 1.54) is 10.6 Å². The molecule has 0 aromatic heterocycles. The van der Waals surface area contributed by atoms with Crippen LogP contribution in [-0.2, 0) is 14.8 Å². The third kappa shape index (κ3) is 3.74. The molecule has 1 fully saturated rings. The van der Waals surface area contributed by atoms with Gasteiger partial charge in [0, 0.05) is 24.8 Å². The number of nitrogens with zero attached hydrogens (tertiary/aromatic N) is 2. The summed E-state index contributed by atoms with van der Waals surface area (Å²) in [5, 5.41) is 9.09. The van der Waals surface area contributed by atoms with E-state index in [1.54, 1.807) is 0 Å². The first-order chi connectivity index (χ1) is 9.79. The van der Waals surface area contributed by atoms with Crippen molar-refractivity contribution in [2.24, 2.45) is 0 Å². The van der Waals surface area contributed by atoms with E-state index >= 15 is 0 Å². The SMILES string of the molecule is C[C@H]1CN(c2ccccc2)[C@@H](CC(=O)O)CN1S(C)(=O)=O. The van der Waals surface area contributed by atoms with Crippen LogP contribution in [0.5, 0.6) is 0 Å². The highest BCUT2D eigenvalue weighted by molar-refractivity contribution is 7.88. The fraction of sp³-hybridized carbons (Fsp3) is 0.500. The zero-order chi connectivity index (χ0) is 15.6. The lowest BCUT2D eigenvalue weighted by molar-refractivity contribution is -0.137. The van der Waals surface area contributed by atoms with Gasteiger partial charge in [-0.15, -0.1) is 0 Å². The van der Waals surface area contributed by atoms with E-state index in [0.717, 1.165) is 5.69 Å². The number of anilines is 1. The Labute approximate surface area is 125 Å². The molecule has 7 heteroatoms. The van der Waals surface area contributed by atoms with Crippen molar-refractivity contribution in [1.29, 1.82) is 0 Å². The normalized spacial score (nSPS) is 24.0. The molecule has 1 N–H and O–H groups in total. The Balaban J connectivity index is 2.30. The lowest BCUT2D eigenvalue weighted by Gasteiger charge is -2.45. The Hall–Kier alpha value is -1.60. The fourth-order valence-electron chi connectivity index (χ4n) is 2.79. The van der Waals surface area contributed by atoms with Gasteiger partial charge < -0.3 is 10.0 Å². The highest BCUT2D eigenvalue weighted by Crippen LogP contribution is 2.26. The number of para-hydroxylation sites is 1. The molecule has 1 aromatic carbocycles. The lowest BCUT2D eigenvalue weighted by atomic mass is 10.1. The topological polar surface area (TPSA) is 77.9 Å². The zero-order valence-corrected chi connectivity index (χ0v) is 13.0. The van der Waals surface area contributed by atoms with Crippen LogP contribution >= 0.6 is 0 Å². The number of piperazine rings is 1. The van der Waals surface area contributed by atoms with Gasteiger partial charge in [0.2, 0.25) is 10.0 Å². The van der Waals surface area contributed by atoms with Crippen molar-refractivity contribution in [3.8, 4) is 0 Å². The van der Waals surface area contributed by atoms with Crippen molar-refractivity contribution < 1.29 is 18.3 Å². The molecule has 1 aromatic rings. The molecule has 1 saturated heterocycles. The van der Waals surface area contributed by atoms with Gasteiger partial charge in [-0.2, -0.15) is 4.31 Å². The van der Waals surface area contributed by atoms with Crippen LogP contribution in [0.4, 0.5) is 5.69 Å². The highest BCUT2D eigenvalue weighted by atomic mass is 32.2. The van der Waals surface area contributed by atoms with Crippen molar-refractivity contribution >= 4 is 21.7 Å². The second-order valence-electron chi connectivity index (χ2n) is 5.42. The third-order valence-corrected chi connectivity index (χ3v) is 5.07. The minimum atomic E-state index is -3.34. The zero-order valence-electron chi connectivity index (χ0n) is 12.1. The smallest absolute Gasteiger partial charge is 0.305 e. The number of benzene rings is 1. The van der Waals surface area contributed by atoms with Crippen molar-refractivity contribution in [1.82, 2.24) is 4.31 Å². The van der Waals surface area contributed by atoms with E-state index in [-0.39, 0.29) is 25.0 Å². The van der Waals surface area contributed by atoms with E-state index in [0.29, 0.717) is 6.54 Å². The van der Waals surface area contributed by atoms with Gasteiger partial charge in [-0.05, 0) is 19.1 Å². The largest absolute Gasteiger partial charge is 0.481 e.